The summed E-state index contributed by atoms with van der Waals surface area (Å²) in [4.78, 5) is 31.0. The molecule has 0 unspecified atom stereocenters. The van der Waals surface area contributed by atoms with E-state index < -0.39 is 0 Å². The maximum absolute atomic E-state index is 12.8. The average molecular weight is 343 g/mol. The molecular formula is C19H25N3O3. The number of carbonyl (C=O) groups excluding carboxylic acids is 2. The zero-order valence-corrected chi connectivity index (χ0v) is 14.7. The summed E-state index contributed by atoms with van der Waals surface area (Å²) in [6.07, 6.45) is 1.04. The highest BCUT2D eigenvalue weighted by Crippen LogP contribution is 2.39. The van der Waals surface area contributed by atoms with Crippen LogP contribution in [0.3, 0.4) is 0 Å². The molecule has 25 heavy (non-hydrogen) atoms. The van der Waals surface area contributed by atoms with Gasteiger partial charge in [0.1, 0.15) is 12.4 Å². The fourth-order valence-electron chi connectivity index (χ4n) is 3.73. The van der Waals surface area contributed by atoms with Crippen molar-refractivity contribution in [1.82, 2.24) is 9.80 Å². The minimum absolute atomic E-state index is 0.103. The Morgan fingerprint density at radius 3 is 2.56 bits per heavy atom. The Balaban J connectivity index is 1.32. The number of nitrogens with zero attached hydrogens (tertiary/aromatic N) is 3. The predicted molar refractivity (Wildman–Crippen MR) is 94.6 cm³/mol. The SMILES string of the molecule is C[C@H]1C[C@H]1C(=O)N1CCN(CC(=O)N2CCOc3ccccc32)CC1. The van der Waals surface area contributed by atoms with Gasteiger partial charge in [-0.2, -0.15) is 0 Å². The molecule has 0 bridgehead atoms. The Hall–Kier alpha value is -2.08. The van der Waals surface area contributed by atoms with Crippen molar-refractivity contribution in [3.8, 4) is 5.75 Å². The number of benzene rings is 1. The van der Waals surface area contributed by atoms with Gasteiger partial charge in [-0.05, 0) is 24.5 Å². The van der Waals surface area contributed by atoms with Crippen molar-refractivity contribution in [1.29, 1.82) is 0 Å². The van der Waals surface area contributed by atoms with Crippen LogP contribution in [0, 0.1) is 11.8 Å². The second-order valence-corrected chi connectivity index (χ2v) is 7.28. The van der Waals surface area contributed by atoms with E-state index in [4.69, 9.17) is 4.74 Å². The van der Waals surface area contributed by atoms with Crippen LogP contribution in [-0.2, 0) is 9.59 Å². The maximum atomic E-state index is 12.8. The molecule has 134 valence electrons. The predicted octanol–water partition coefficient (Wildman–Crippen LogP) is 1.21. The van der Waals surface area contributed by atoms with Crippen LogP contribution in [0.4, 0.5) is 5.69 Å². The number of para-hydroxylation sites is 2. The fraction of sp³-hybridized carbons (Fsp3) is 0.579. The van der Waals surface area contributed by atoms with Gasteiger partial charge >= 0.3 is 0 Å². The fourth-order valence-corrected chi connectivity index (χ4v) is 3.73. The van der Waals surface area contributed by atoms with Crippen molar-refractivity contribution in [3.05, 3.63) is 24.3 Å². The van der Waals surface area contributed by atoms with Crippen LogP contribution >= 0.6 is 0 Å². The number of amides is 2. The number of rotatable bonds is 3. The standard InChI is InChI=1S/C19H25N3O3/c1-14-12-15(14)19(24)21-8-6-20(7-9-21)13-18(23)22-10-11-25-17-5-3-2-4-16(17)22/h2-5,14-15H,6-13H2,1H3/t14-,15+/m0/s1. The van der Waals surface area contributed by atoms with Crippen LogP contribution in [-0.4, -0.2) is 67.5 Å². The van der Waals surface area contributed by atoms with Gasteiger partial charge in [0.15, 0.2) is 0 Å². The lowest BCUT2D eigenvalue weighted by Crippen LogP contribution is -2.52. The first-order valence-electron chi connectivity index (χ1n) is 9.17. The smallest absolute Gasteiger partial charge is 0.241 e. The van der Waals surface area contributed by atoms with Crippen molar-refractivity contribution in [3.63, 3.8) is 0 Å². The second-order valence-electron chi connectivity index (χ2n) is 7.28. The van der Waals surface area contributed by atoms with E-state index in [0.29, 0.717) is 31.5 Å². The molecule has 4 rings (SSSR count). The summed E-state index contributed by atoms with van der Waals surface area (Å²) in [5.41, 5.74) is 0.857. The normalized spacial score (nSPS) is 26.0. The van der Waals surface area contributed by atoms with Crippen LogP contribution in [0.2, 0.25) is 0 Å². The Morgan fingerprint density at radius 1 is 1.12 bits per heavy atom. The molecule has 6 heteroatoms. The van der Waals surface area contributed by atoms with Crippen LogP contribution < -0.4 is 9.64 Å². The van der Waals surface area contributed by atoms with Gasteiger partial charge in [0.25, 0.3) is 0 Å². The molecule has 0 N–H and O–H groups in total. The molecule has 1 saturated carbocycles. The van der Waals surface area contributed by atoms with Crippen LogP contribution in [0.1, 0.15) is 13.3 Å². The van der Waals surface area contributed by atoms with Crippen molar-refractivity contribution in [2.45, 2.75) is 13.3 Å². The van der Waals surface area contributed by atoms with E-state index >= 15 is 0 Å². The minimum atomic E-state index is 0.103. The zero-order valence-electron chi connectivity index (χ0n) is 14.7. The van der Waals surface area contributed by atoms with Gasteiger partial charge in [0.05, 0.1) is 18.8 Å². The topological polar surface area (TPSA) is 53.1 Å². The van der Waals surface area contributed by atoms with Crippen molar-refractivity contribution in [2.24, 2.45) is 11.8 Å². The van der Waals surface area contributed by atoms with Crippen molar-refractivity contribution in [2.75, 3.05) is 50.8 Å². The summed E-state index contributed by atoms with van der Waals surface area (Å²) in [5.74, 6) is 1.98. The Bertz CT molecular complexity index is 670. The number of ether oxygens (including phenoxy) is 1. The molecule has 1 aromatic carbocycles. The molecule has 1 aliphatic carbocycles. The molecule has 0 radical (unpaired) electrons. The van der Waals surface area contributed by atoms with Gasteiger partial charge in [-0.1, -0.05) is 19.1 Å². The molecule has 2 fully saturated rings. The largest absolute Gasteiger partial charge is 0.490 e. The molecule has 0 spiro atoms. The summed E-state index contributed by atoms with van der Waals surface area (Å²) < 4.78 is 5.62. The number of hydrogen-bond donors (Lipinski definition) is 0. The third-order valence-electron chi connectivity index (χ3n) is 5.50. The summed E-state index contributed by atoms with van der Waals surface area (Å²) in [6.45, 7) is 6.66. The van der Waals surface area contributed by atoms with Crippen molar-refractivity contribution < 1.29 is 14.3 Å². The lowest BCUT2D eigenvalue weighted by atomic mass is 10.2. The van der Waals surface area contributed by atoms with Crippen molar-refractivity contribution >= 4 is 17.5 Å². The number of anilines is 1. The quantitative estimate of drug-likeness (QED) is 0.828. The second kappa shape index (κ2) is 6.67. The third kappa shape index (κ3) is 3.35. The van der Waals surface area contributed by atoms with Crippen LogP contribution in [0.25, 0.3) is 0 Å². The monoisotopic (exact) mass is 343 g/mol. The highest BCUT2D eigenvalue weighted by Gasteiger charge is 2.42. The molecule has 2 amide bonds. The first-order chi connectivity index (χ1) is 12.1. The third-order valence-corrected chi connectivity index (χ3v) is 5.50. The number of piperazine rings is 1. The van der Waals surface area contributed by atoms with Gasteiger partial charge in [0.2, 0.25) is 11.8 Å². The highest BCUT2D eigenvalue weighted by atomic mass is 16.5. The first-order valence-corrected chi connectivity index (χ1v) is 9.17. The van der Waals surface area contributed by atoms with Gasteiger partial charge in [-0.3, -0.25) is 14.5 Å². The molecule has 2 heterocycles. The minimum Gasteiger partial charge on any atom is -0.490 e. The average Bonchev–Trinajstić information content (AvgIpc) is 3.38. The zero-order chi connectivity index (χ0) is 17.4. The van der Waals surface area contributed by atoms with E-state index in [1.165, 1.54) is 0 Å². The van der Waals surface area contributed by atoms with Gasteiger partial charge < -0.3 is 14.5 Å². The maximum Gasteiger partial charge on any atom is 0.241 e. The van der Waals surface area contributed by atoms with Crippen LogP contribution in [0.15, 0.2) is 24.3 Å². The van der Waals surface area contributed by atoms with Gasteiger partial charge in [-0.25, -0.2) is 0 Å². The number of carbonyl (C=O) groups is 2. The summed E-state index contributed by atoms with van der Waals surface area (Å²) in [7, 11) is 0. The van der Waals surface area contributed by atoms with E-state index in [2.05, 4.69) is 11.8 Å². The number of hydrogen-bond acceptors (Lipinski definition) is 4. The van der Waals surface area contributed by atoms with E-state index in [9.17, 15) is 9.59 Å². The Labute approximate surface area is 148 Å². The lowest BCUT2D eigenvalue weighted by molar-refractivity contribution is -0.134. The lowest BCUT2D eigenvalue weighted by Gasteiger charge is -2.36. The summed E-state index contributed by atoms with van der Waals surface area (Å²) in [6, 6.07) is 7.68. The van der Waals surface area contributed by atoms with E-state index in [-0.39, 0.29) is 11.8 Å². The molecular weight excluding hydrogens is 318 g/mol. The summed E-state index contributed by atoms with van der Waals surface area (Å²) in [5, 5.41) is 0. The molecule has 1 aromatic rings. The van der Waals surface area contributed by atoms with E-state index in [0.717, 1.165) is 44.0 Å². The molecule has 1 saturated heterocycles. The molecule has 3 aliphatic rings. The molecule has 0 aromatic heterocycles. The molecule has 2 aliphatic heterocycles. The summed E-state index contributed by atoms with van der Waals surface area (Å²) >= 11 is 0. The number of fused-ring (bicyclic) bond motifs is 1. The van der Waals surface area contributed by atoms with Crippen LogP contribution in [0.5, 0.6) is 5.75 Å². The Kier molecular flexibility index (Phi) is 4.37. The highest BCUT2D eigenvalue weighted by molar-refractivity contribution is 5.96. The molecule has 6 nitrogen and oxygen atoms in total. The Morgan fingerprint density at radius 2 is 1.84 bits per heavy atom. The van der Waals surface area contributed by atoms with E-state index in [1.807, 2.05) is 34.1 Å². The van der Waals surface area contributed by atoms with Gasteiger partial charge in [0, 0.05) is 32.1 Å². The van der Waals surface area contributed by atoms with Gasteiger partial charge in [-0.15, -0.1) is 0 Å². The first kappa shape index (κ1) is 16.4. The van der Waals surface area contributed by atoms with E-state index in [1.54, 1.807) is 0 Å². The molecule has 2 atom stereocenters.